The molecule has 0 bridgehead atoms. The Hall–Kier alpha value is -2.66. The number of thiophene rings is 1. The summed E-state index contributed by atoms with van der Waals surface area (Å²) in [5.74, 6) is 0.891. The SMILES string of the molecule is CC(C)Oc1ccc2ccccc2c1/C=N/c1sc2c(c1C(=O)NC1CCCCC1)CCCC2. The number of carbonyl (C=O) groups excluding carboxylic acids is 1. The van der Waals surface area contributed by atoms with E-state index in [1.807, 2.05) is 38.3 Å². The van der Waals surface area contributed by atoms with Crippen LogP contribution in [0.25, 0.3) is 10.8 Å². The molecule has 0 saturated heterocycles. The van der Waals surface area contributed by atoms with E-state index >= 15 is 0 Å². The summed E-state index contributed by atoms with van der Waals surface area (Å²) < 4.78 is 6.13. The maximum Gasteiger partial charge on any atom is 0.254 e. The summed E-state index contributed by atoms with van der Waals surface area (Å²) in [4.78, 5) is 19.8. The van der Waals surface area contributed by atoms with Crippen molar-refractivity contribution in [3.63, 3.8) is 0 Å². The molecule has 1 aromatic heterocycles. The van der Waals surface area contributed by atoms with Crippen LogP contribution in [0.3, 0.4) is 0 Å². The highest BCUT2D eigenvalue weighted by atomic mass is 32.1. The first-order valence-corrected chi connectivity index (χ1v) is 13.6. The van der Waals surface area contributed by atoms with Crippen LogP contribution in [-0.2, 0) is 12.8 Å². The van der Waals surface area contributed by atoms with Gasteiger partial charge in [-0.1, -0.05) is 49.6 Å². The summed E-state index contributed by atoms with van der Waals surface area (Å²) >= 11 is 1.70. The fraction of sp³-hybridized carbons (Fsp3) is 0.448. The summed E-state index contributed by atoms with van der Waals surface area (Å²) in [5.41, 5.74) is 3.01. The molecule has 0 unspecified atom stereocenters. The molecule has 0 spiro atoms. The molecule has 1 N–H and O–H groups in total. The largest absolute Gasteiger partial charge is 0.490 e. The molecular weight excluding hydrogens is 440 g/mol. The molecule has 2 aliphatic carbocycles. The Morgan fingerprint density at radius 1 is 1.06 bits per heavy atom. The second kappa shape index (κ2) is 10.3. The van der Waals surface area contributed by atoms with Gasteiger partial charge >= 0.3 is 0 Å². The minimum Gasteiger partial charge on any atom is -0.490 e. The van der Waals surface area contributed by atoms with Crippen LogP contribution in [0.1, 0.15) is 85.2 Å². The quantitative estimate of drug-likeness (QED) is 0.379. The zero-order chi connectivity index (χ0) is 23.5. The molecule has 0 radical (unpaired) electrons. The molecule has 0 atom stereocenters. The first-order chi connectivity index (χ1) is 16.6. The van der Waals surface area contributed by atoms with Gasteiger partial charge in [-0.05, 0) is 74.8 Å². The molecule has 0 aliphatic heterocycles. The third-order valence-corrected chi connectivity index (χ3v) is 8.12. The number of benzene rings is 2. The van der Waals surface area contributed by atoms with Gasteiger partial charge in [0.1, 0.15) is 10.8 Å². The van der Waals surface area contributed by atoms with Gasteiger partial charge in [0.15, 0.2) is 0 Å². The van der Waals surface area contributed by atoms with Crippen LogP contribution in [0.2, 0.25) is 0 Å². The molecule has 4 nitrogen and oxygen atoms in total. The van der Waals surface area contributed by atoms with Gasteiger partial charge in [0.2, 0.25) is 0 Å². The highest BCUT2D eigenvalue weighted by Crippen LogP contribution is 2.40. The zero-order valence-corrected chi connectivity index (χ0v) is 21.0. The number of hydrogen-bond donors (Lipinski definition) is 1. The normalized spacial score (nSPS) is 16.8. The molecule has 1 fully saturated rings. The number of aliphatic imine (C=N–C) groups is 1. The second-order valence-corrected chi connectivity index (χ2v) is 10.9. The van der Waals surface area contributed by atoms with Crippen molar-refractivity contribution in [3.05, 3.63) is 58.0 Å². The van der Waals surface area contributed by atoms with Gasteiger partial charge < -0.3 is 10.1 Å². The molecule has 2 aliphatic rings. The molecule has 1 saturated carbocycles. The number of ether oxygens (including phenoxy) is 1. The van der Waals surface area contributed by atoms with Crippen molar-refractivity contribution < 1.29 is 9.53 Å². The van der Waals surface area contributed by atoms with Crippen molar-refractivity contribution in [1.82, 2.24) is 5.32 Å². The number of aryl methyl sites for hydroxylation is 1. The number of nitrogens with zero attached hydrogens (tertiary/aromatic N) is 1. The summed E-state index contributed by atoms with van der Waals surface area (Å²) in [5, 5.41) is 6.45. The van der Waals surface area contributed by atoms with Crippen LogP contribution in [0.5, 0.6) is 5.75 Å². The van der Waals surface area contributed by atoms with Crippen LogP contribution < -0.4 is 10.1 Å². The smallest absolute Gasteiger partial charge is 0.254 e. The van der Waals surface area contributed by atoms with Gasteiger partial charge in [-0.15, -0.1) is 11.3 Å². The van der Waals surface area contributed by atoms with E-state index in [1.54, 1.807) is 11.3 Å². The van der Waals surface area contributed by atoms with E-state index in [2.05, 4.69) is 23.5 Å². The Bertz CT molecular complexity index is 1200. The minimum absolute atomic E-state index is 0.0648. The monoisotopic (exact) mass is 474 g/mol. The first-order valence-electron chi connectivity index (χ1n) is 12.8. The second-order valence-electron chi connectivity index (χ2n) is 9.82. The maximum absolute atomic E-state index is 13.5. The Balaban J connectivity index is 1.53. The van der Waals surface area contributed by atoms with Crippen LogP contribution in [0.15, 0.2) is 41.4 Å². The van der Waals surface area contributed by atoms with Gasteiger partial charge in [-0.3, -0.25) is 4.79 Å². The van der Waals surface area contributed by atoms with Crippen molar-refractivity contribution in [3.8, 4) is 5.75 Å². The van der Waals surface area contributed by atoms with Gasteiger partial charge in [0.05, 0.1) is 11.7 Å². The van der Waals surface area contributed by atoms with Crippen LogP contribution in [0, 0.1) is 0 Å². The van der Waals surface area contributed by atoms with E-state index in [0.29, 0.717) is 6.04 Å². The standard InChI is InChI=1S/C29H34N2O2S/c1-19(2)33-25-17-16-20-10-6-7-13-22(20)24(25)18-30-29-27(23-14-8-9-15-26(23)34-29)28(32)31-21-11-4-3-5-12-21/h6-7,10,13,16-19,21H,3-5,8-9,11-12,14-15H2,1-2H3,(H,31,32)/b30-18+. The fourth-order valence-corrected chi connectivity index (χ4v) is 6.50. The summed E-state index contributed by atoms with van der Waals surface area (Å²) in [6.45, 7) is 4.08. The predicted octanol–water partition coefficient (Wildman–Crippen LogP) is 7.38. The van der Waals surface area contributed by atoms with E-state index in [4.69, 9.17) is 9.73 Å². The molecule has 3 aromatic rings. The number of rotatable bonds is 6. The first kappa shape index (κ1) is 23.1. The van der Waals surface area contributed by atoms with E-state index in [0.717, 1.165) is 64.8 Å². The number of hydrogen-bond acceptors (Lipinski definition) is 4. The lowest BCUT2D eigenvalue weighted by Crippen LogP contribution is -2.36. The molecular formula is C29H34N2O2S. The third-order valence-electron chi connectivity index (χ3n) is 6.92. The Morgan fingerprint density at radius 2 is 1.85 bits per heavy atom. The number of carbonyl (C=O) groups is 1. The molecule has 34 heavy (non-hydrogen) atoms. The van der Waals surface area contributed by atoms with Crippen molar-refractivity contribution >= 4 is 39.2 Å². The lowest BCUT2D eigenvalue weighted by Gasteiger charge is -2.23. The van der Waals surface area contributed by atoms with Crippen LogP contribution in [-0.4, -0.2) is 24.3 Å². The summed E-state index contributed by atoms with van der Waals surface area (Å²) in [6.07, 6.45) is 12.2. The molecule has 5 rings (SSSR count). The van der Waals surface area contributed by atoms with Crippen molar-refractivity contribution in [1.29, 1.82) is 0 Å². The molecule has 2 aromatic carbocycles. The third kappa shape index (κ3) is 4.90. The molecule has 1 amide bonds. The average molecular weight is 475 g/mol. The molecule has 178 valence electrons. The highest BCUT2D eigenvalue weighted by molar-refractivity contribution is 7.16. The van der Waals surface area contributed by atoms with Gasteiger partial charge in [-0.25, -0.2) is 4.99 Å². The van der Waals surface area contributed by atoms with E-state index in [-0.39, 0.29) is 12.0 Å². The van der Waals surface area contributed by atoms with E-state index < -0.39 is 0 Å². The number of nitrogens with one attached hydrogen (secondary N) is 1. The molecule has 5 heteroatoms. The van der Waals surface area contributed by atoms with E-state index in [1.165, 1.54) is 36.1 Å². The highest BCUT2D eigenvalue weighted by Gasteiger charge is 2.27. The van der Waals surface area contributed by atoms with Gasteiger partial charge in [0, 0.05) is 22.7 Å². The predicted molar refractivity (Wildman–Crippen MR) is 142 cm³/mol. The van der Waals surface area contributed by atoms with Crippen molar-refractivity contribution in [2.45, 2.75) is 83.8 Å². The zero-order valence-electron chi connectivity index (χ0n) is 20.2. The molecule has 1 heterocycles. The van der Waals surface area contributed by atoms with Crippen molar-refractivity contribution in [2.75, 3.05) is 0 Å². The Labute approximate surface area is 206 Å². The van der Waals surface area contributed by atoms with E-state index in [9.17, 15) is 4.79 Å². The maximum atomic E-state index is 13.5. The fourth-order valence-electron chi connectivity index (χ4n) is 5.27. The lowest BCUT2D eigenvalue weighted by atomic mass is 9.93. The summed E-state index contributed by atoms with van der Waals surface area (Å²) in [6, 6.07) is 12.7. The Morgan fingerprint density at radius 3 is 2.68 bits per heavy atom. The average Bonchev–Trinajstić information content (AvgIpc) is 3.22. The lowest BCUT2D eigenvalue weighted by molar-refractivity contribution is 0.0927. The topological polar surface area (TPSA) is 50.7 Å². The Kier molecular flexibility index (Phi) is 7.00. The van der Waals surface area contributed by atoms with Gasteiger partial charge in [-0.2, -0.15) is 0 Å². The van der Waals surface area contributed by atoms with Gasteiger partial charge in [0.25, 0.3) is 5.91 Å². The minimum atomic E-state index is 0.0648. The van der Waals surface area contributed by atoms with Crippen molar-refractivity contribution in [2.24, 2.45) is 4.99 Å². The number of fused-ring (bicyclic) bond motifs is 2. The number of amides is 1. The van der Waals surface area contributed by atoms with Crippen LogP contribution >= 0.6 is 11.3 Å². The summed E-state index contributed by atoms with van der Waals surface area (Å²) in [7, 11) is 0. The van der Waals surface area contributed by atoms with Crippen LogP contribution in [0.4, 0.5) is 5.00 Å².